The zero-order valence-corrected chi connectivity index (χ0v) is 12.6. The van der Waals surface area contributed by atoms with Crippen molar-refractivity contribution in [3.8, 4) is 11.5 Å². The highest BCUT2D eigenvalue weighted by molar-refractivity contribution is 5.47. The van der Waals surface area contributed by atoms with Crippen molar-refractivity contribution in [3.05, 3.63) is 50.5 Å². The summed E-state index contributed by atoms with van der Waals surface area (Å²) in [5.41, 5.74) is 0.411. The summed E-state index contributed by atoms with van der Waals surface area (Å²) in [5, 5.41) is 4.30. The van der Waals surface area contributed by atoms with Gasteiger partial charge in [-0.3, -0.25) is 9.36 Å². The van der Waals surface area contributed by atoms with Gasteiger partial charge in [0, 0.05) is 20.5 Å². The van der Waals surface area contributed by atoms with E-state index in [1.807, 2.05) is 0 Å². The molecule has 0 aromatic rings. The van der Waals surface area contributed by atoms with E-state index in [4.69, 9.17) is 0 Å². The molecule has 3 aliphatic rings. The van der Waals surface area contributed by atoms with E-state index in [1.54, 1.807) is 7.05 Å². The van der Waals surface area contributed by atoms with Crippen LogP contribution in [0.4, 0.5) is 0 Å². The van der Waals surface area contributed by atoms with Gasteiger partial charge in [0.1, 0.15) is 5.82 Å². The quantitative estimate of drug-likeness (QED) is 0.828. The van der Waals surface area contributed by atoms with Crippen molar-refractivity contribution in [3.63, 3.8) is 0 Å². The van der Waals surface area contributed by atoms with Crippen molar-refractivity contribution >= 4 is 0 Å². The second-order valence-corrected chi connectivity index (χ2v) is 5.34. The molecule has 3 rings (SSSR count). The fourth-order valence-corrected chi connectivity index (χ4v) is 2.47. The number of rotatable bonds is 3. The molecule has 7 nitrogen and oxygen atoms in total. The maximum absolute atomic E-state index is 12.2. The first-order valence-corrected chi connectivity index (χ1v) is 7.23. The van der Waals surface area contributed by atoms with Gasteiger partial charge in [-0.05, 0) is 19.3 Å². The lowest BCUT2D eigenvalue weighted by atomic mass is 10.0. The van der Waals surface area contributed by atoms with Crippen LogP contribution in [0.5, 0.6) is 0 Å². The minimum atomic E-state index is -0.595. The van der Waals surface area contributed by atoms with Crippen LogP contribution >= 0.6 is 0 Å². The Morgan fingerprint density at radius 2 is 1.95 bits per heavy atom. The number of hydrogen-bond donors (Lipinski definition) is 0. The number of nitrogens with zero attached hydrogens (tertiary/aromatic N) is 5. The van der Waals surface area contributed by atoms with Crippen LogP contribution in [0.15, 0.2) is 33.4 Å². The zero-order valence-electron chi connectivity index (χ0n) is 12.6. The highest BCUT2D eigenvalue weighted by atomic mass is 16.2. The number of hydrogen-bond acceptors (Lipinski definition) is 5. The SMILES string of the molecule is Cn1nc(CCC2=CCCC=C2)nc2c(=O)n(C)c(=O)nc1-2. The average Bonchev–Trinajstić information content (AvgIpc) is 2.53. The summed E-state index contributed by atoms with van der Waals surface area (Å²) in [6.45, 7) is 0. The molecule has 2 heterocycles. The summed E-state index contributed by atoms with van der Waals surface area (Å²) >= 11 is 0. The number of aromatic nitrogens is 5. The monoisotopic (exact) mass is 299 g/mol. The van der Waals surface area contributed by atoms with Gasteiger partial charge in [0.2, 0.25) is 0 Å². The molecule has 0 amide bonds. The number of aryl methyl sites for hydroxylation is 2. The van der Waals surface area contributed by atoms with E-state index >= 15 is 0 Å². The summed E-state index contributed by atoms with van der Waals surface area (Å²) in [6.07, 6.45) is 10.1. The van der Waals surface area contributed by atoms with E-state index in [-0.39, 0.29) is 11.5 Å². The third-order valence-corrected chi connectivity index (χ3v) is 3.73. The zero-order chi connectivity index (χ0) is 15.7. The maximum atomic E-state index is 12.2. The Morgan fingerprint density at radius 1 is 1.14 bits per heavy atom. The Bertz CT molecular complexity index is 859. The van der Waals surface area contributed by atoms with Gasteiger partial charge in [-0.25, -0.2) is 14.5 Å². The molecule has 1 aliphatic carbocycles. The molecular formula is C15H17N5O2. The summed E-state index contributed by atoms with van der Waals surface area (Å²) in [5.74, 6) is 0.793. The van der Waals surface area contributed by atoms with Gasteiger partial charge < -0.3 is 0 Å². The second-order valence-electron chi connectivity index (χ2n) is 5.34. The molecule has 0 N–H and O–H groups in total. The first-order chi connectivity index (χ1) is 10.6. The van der Waals surface area contributed by atoms with Crippen molar-refractivity contribution in [2.75, 3.05) is 0 Å². The molecule has 0 aromatic carbocycles. The van der Waals surface area contributed by atoms with Crippen LogP contribution in [0.3, 0.4) is 0 Å². The molecule has 0 radical (unpaired) electrons. The van der Waals surface area contributed by atoms with E-state index < -0.39 is 11.2 Å². The van der Waals surface area contributed by atoms with Crippen molar-refractivity contribution in [1.29, 1.82) is 0 Å². The van der Waals surface area contributed by atoms with Crippen LogP contribution in [0.25, 0.3) is 11.5 Å². The third-order valence-electron chi connectivity index (χ3n) is 3.73. The van der Waals surface area contributed by atoms with Gasteiger partial charge in [-0.2, -0.15) is 10.1 Å². The predicted octanol–water partition coefficient (Wildman–Crippen LogP) is 0.583. The van der Waals surface area contributed by atoms with Gasteiger partial charge in [0.15, 0.2) is 11.5 Å². The number of fused-ring (bicyclic) bond motifs is 1. The third kappa shape index (κ3) is 2.61. The smallest absolute Gasteiger partial charge is 0.267 e. The van der Waals surface area contributed by atoms with Crippen LogP contribution in [0.2, 0.25) is 0 Å². The van der Waals surface area contributed by atoms with Crippen LogP contribution in [0.1, 0.15) is 25.1 Å². The molecule has 0 fully saturated rings. The Kier molecular flexibility index (Phi) is 3.70. The minimum absolute atomic E-state index is 0.183. The Labute approximate surface area is 127 Å². The van der Waals surface area contributed by atoms with Gasteiger partial charge in [-0.15, -0.1) is 0 Å². The maximum Gasteiger partial charge on any atom is 0.352 e. The second kappa shape index (κ2) is 5.67. The predicted molar refractivity (Wildman–Crippen MR) is 81.7 cm³/mol. The molecule has 2 aliphatic heterocycles. The molecule has 114 valence electrons. The molecule has 0 saturated carbocycles. The van der Waals surface area contributed by atoms with Crippen LogP contribution < -0.4 is 11.2 Å². The van der Waals surface area contributed by atoms with Gasteiger partial charge >= 0.3 is 5.69 Å². The molecule has 0 aromatic heterocycles. The van der Waals surface area contributed by atoms with E-state index in [0.717, 1.165) is 23.8 Å². The lowest BCUT2D eigenvalue weighted by Crippen LogP contribution is -2.37. The van der Waals surface area contributed by atoms with Crippen molar-refractivity contribution in [2.45, 2.75) is 25.7 Å². The Hall–Kier alpha value is -2.57. The normalized spacial score (nSPS) is 14.4. The number of allylic oxidation sites excluding steroid dienone is 4. The van der Waals surface area contributed by atoms with Gasteiger partial charge in [0.25, 0.3) is 5.56 Å². The van der Waals surface area contributed by atoms with Crippen LogP contribution in [-0.4, -0.2) is 24.3 Å². The van der Waals surface area contributed by atoms with Crippen LogP contribution in [-0.2, 0) is 20.5 Å². The molecule has 7 heteroatoms. The van der Waals surface area contributed by atoms with E-state index in [0.29, 0.717) is 12.2 Å². The average molecular weight is 299 g/mol. The first kappa shape index (κ1) is 14.4. The molecule has 0 saturated heterocycles. The highest BCUT2D eigenvalue weighted by Gasteiger charge is 2.18. The fraction of sp³-hybridized carbons (Fsp3) is 0.400. The van der Waals surface area contributed by atoms with E-state index in [1.165, 1.54) is 17.3 Å². The topological polar surface area (TPSA) is 82.7 Å². The standard InChI is InChI=1S/C15H17N5O2/c1-19-14(21)12-13(17-15(19)22)20(2)18-11(16-12)9-8-10-6-4-3-5-7-10/h4,6-7H,3,5,8-9H2,1-2H3. The summed E-state index contributed by atoms with van der Waals surface area (Å²) < 4.78 is 2.41. The summed E-state index contributed by atoms with van der Waals surface area (Å²) in [7, 11) is 3.07. The Balaban J connectivity index is 1.97. The fourth-order valence-electron chi connectivity index (χ4n) is 2.47. The van der Waals surface area contributed by atoms with E-state index in [9.17, 15) is 9.59 Å². The lowest BCUT2D eigenvalue weighted by molar-refractivity contribution is 0.640. The lowest BCUT2D eigenvalue weighted by Gasteiger charge is -2.11. The Morgan fingerprint density at radius 3 is 2.68 bits per heavy atom. The molecule has 22 heavy (non-hydrogen) atoms. The van der Waals surface area contributed by atoms with Gasteiger partial charge in [-0.1, -0.05) is 23.8 Å². The first-order valence-electron chi connectivity index (χ1n) is 7.23. The molecule has 0 bridgehead atoms. The molecule has 0 unspecified atom stereocenters. The highest BCUT2D eigenvalue weighted by Crippen LogP contribution is 2.16. The largest absolute Gasteiger partial charge is 0.352 e. The van der Waals surface area contributed by atoms with Crippen molar-refractivity contribution < 1.29 is 0 Å². The van der Waals surface area contributed by atoms with Gasteiger partial charge in [0.05, 0.1) is 0 Å². The van der Waals surface area contributed by atoms with Crippen molar-refractivity contribution in [2.24, 2.45) is 14.1 Å². The van der Waals surface area contributed by atoms with Crippen LogP contribution in [0, 0.1) is 0 Å². The minimum Gasteiger partial charge on any atom is -0.267 e. The molecular weight excluding hydrogens is 282 g/mol. The summed E-state index contributed by atoms with van der Waals surface area (Å²) in [4.78, 5) is 31.9. The molecule has 0 atom stereocenters. The van der Waals surface area contributed by atoms with E-state index in [2.05, 4.69) is 33.3 Å². The van der Waals surface area contributed by atoms with Crippen molar-refractivity contribution in [1.82, 2.24) is 24.3 Å². The summed E-state index contributed by atoms with van der Waals surface area (Å²) in [6, 6.07) is 0. The molecule has 0 spiro atoms.